The molecule has 2 rings (SSSR count). The van der Waals surface area contributed by atoms with Gasteiger partial charge in [0.2, 0.25) is 0 Å². The van der Waals surface area contributed by atoms with Crippen LogP contribution in [0.2, 0.25) is 0 Å². The van der Waals surface area contributed by atoms with Crippen LogP contribution in [0.25, 0.3) is 0 Å². The van der Waals surface area contributed by atoms with Gasteiger partial charge in [-0.3, -0.25) is 4.84 Å². The Balaban J connectivity index is 2.41. The van der Waals surface area contributed by atoms with E-state index in [1.807, 2.05) is 30.2 Å². The lowest BCUT2D eigenvalue weighted by Crippen LogP contribution is -2.47. The van der Waals surface area contributed by atoms with Gasteiger partial charge < -0.3 is 19.7 Å². The summed E-state index contributed by atoms with van der Waals surface area (Å²) in [5, 5.41) is 21.8. The van der Waals surface area contributed by atoms with Gasteiger partial charge in [-0.25, -0.2) is 0 Å². The predicted octanol–water partition coefficient (Wildman–Crippen LogP) is 2.73. The molecule has 1 fully saturated rings. The van der Waals surface area contributed by atoms with E-state index in [0.29, 0.717) is 25.3 Å². The second kappa shape index (κ2) is 9.45. The van der Waals surface area contributed by atoms with Crippen molar-refractivity contribution in [3.05, 3.63) is 35.9 Å². The molecule has 1 heterocycles. The van der Waals surface area contributed by atoms with Crippen molar-refractivity contribution in [2.45, 2.75) is 70.1 Å². The molecule has 0 bridgehead atoms. The van der Waals surface area contributed by atoms with Crippen molar-refractivity contribution < 1.29 is 24.5 Å². The van der Waals surface area contributed by atoms with Gasteiger partial charge in [0.25, 0.3) is 0 Å². The van der Waals surface area contributed by atoms with Crippen molar-refractivity contribution in [3.63, 3.8) is 0 Å². The maximum absolute atomic E-state index is 10.3. The number of rotatable bonds is 10. The lowest BCUT2D eigenvalue weighted by molar-refractivity contribution is -0.293. The first-order valence-corrected chi connectivity index (χ1v) is 9.64. The summed E-state index contributed by atoms with van der Waals surface area (Å²) in [4.78, 5) is 6.45. The van der Waals surface area contributed by atoms with Gasteiger partial charge in [0.1, 0.15) is 5.60 Å². The standard InChI is InChI=1S/C21H35NO5/c1-16(2)11-21(12-18(24)14-23)15-20(3,19(25-4)26-5)27-22(21)13-17-9-7-6-8-10-17/h6-10,16,18-19,23-24H,11-15H2,1-5H3/t18?,20-,21+/m1/s1. The number of aliphatic hydroxyl groups is 2. The lowest BCUT2D eigenvalue weighted by atomic mass is 9.76. The number of aliphatic hydroxyl groups excluding tert-OH is 2. The van der Waals surface area contributed by atoms with Crippen molar-refractivity contribution in [1.82, 2.24) is 5.06 Å². The van der Waals surface area contributed by atoms with E-state index in [1.54, 1.807) is 14.2 Å². The molecule has 1 aromatic rings. The second-order valence-electron chi connectivity index (χ2n) is 8.27. The fourth-order valence-corrected chi connectivity index (χ4v) is 4.49. The van der Waals surface area contributed by atoms with E-state index in [0.717, 1.165) is 12.0 Å². The second-order valence-corrected chi connectivity index (χ2v) is 8.27. The quantitative estimate of drug-likeness (QED) is 0.607. The van der Waals surface area contributed by atoms with Crippen LogP contribution < -0.4 is 0 Å². The molecule has 0 saturated carbocycles. The van der Waals surface area contributed by atoms with E-state index in [4.69, 9.17) is 14.3 Å². The van der Waals surface area contributed by atoms with Crippen LogP contribution in [0, 0.1) is 5.92 Å². The summed E-state index contributed by atoms with van der Waals surface area (Å²) >= 11 is 0. The third-order valence-corrected chi connectivity index (χ3v) is 5.24. The molecule has 1 aliphatic heterocycles. The lowest BCUT2D eigenvalue weighted by Gasteiger charge is -2.39. The molecule has 6 nitrogen and oxygen atoms in total. The van der Waals surface area contributed by atoms with Crippen LogP contribution in [-0.2, 0) is 20.9 Å². The third-order valence-electron chi connectivity index (χ3n) is 5.24. The first kappa shape index (κ1) is 22.3. The highest BCUT2D eigenvalue weighted by atomic mass is 16.8. The average Bonchev–Trinajstić information content (AvgIpc) is 2.87. The fourth-order valence-electron chi connectivity index (χ4n) is 4.49. The summed E-state index contributed by atoms with van der Waals surface area (Å²) in [6.07, 6.45) is 0.540. The van der Waals surface area contributed by atoms with Crippen LogP contribution in [0.15, 0.2) is 30.3 Å². The molecule has 0 aliphatic carbocycles. The van der Waals surface area contributed by atoms with Crippen molar-refractivity contribution in [3.8, 4) is 0 Å². The summed E-state index contributed by atoms with van der Waals surface area (Å²) in [6, 6.07) is 10.1. The maximum atomic E-state index is 10.3. The molecule has 1 aromatic carbocycles. The average molecular weight is 382 g/mol. The number of hydroxylamine groups is 2. The number of hydrogen-bond donors (Lipinski definition) is 2. The van der Waals surface area contributed by atoms with E-state index >= 15 is 0 Å². The van der Waals surface area contributed by atoms with Gasteiger partial charge in [0.15, 0.2) is 6.29 Å². The van der Waals surface area contributed by atoms with Crippen molar-refractivity contribution in [1.29, 1.82) is 0 Å². The summed E-state index contributed by atoms with van der Waals surface area (Å²) in [7, 11) is 3.21. The van der Waals surface area contributed by atoms with E-state index in [2.05, 4.69) is 26.0 Å². The monoisotopic (exact) mass is 381 g/mol. The van der Waals surface area contributed by atoms with Crippen molar-refractivity contribution in [2.75, 3.05) is 20.8 Å². The summed E-state index contributed by atoms with van der Waals surface area (Å²) in [6.45, 7) is 6.62. The Morgan fingerprint density at radius 2 is 1.78 bits per heavy atom. The predicted molar refractivity (Wildman–Crippen MR) is 104 cm³/mol. The zero-order valence-electron chi connectivity index (χ0n) is 17.2. The van der Waals surface area contributed by atoms with E-state index in [-0.39, 0.29) is 6.61 Å². The molecule has 6 heteroatoms. The van der Waals surface area contributed by atoms with Crippen LogP contribution >= 0.6 is 0 Å². The third kappa shape index (κ3) is 5.28. The Bertz CT molecular complexity index is 565. The van der Waals surface area contributed by atoms with Crippen LogP contribution in [0.3, 0.4) is 0 Å². The molecule has 0 aromatic heterocycles. The fraction of sp³-hybridized carbons (Fsp3) is 0.714. The maximum Gasteiger partial charge on any atom is 0.187 e. The smallest absolute Gasteiger partial charge is 0.187 e. The van der Waals surface area contributed by atoms with Crippen LogP contribution in [0.1, 0.15) is 45.6 Å². The van der Waals surface area contributed by atoms with Gasteiger partial charge in [0, 0.05) is 27.2 Å². The molecule has 0 amide bonds. The Morgan fingerprint density at radius 1 is 1.15 bits per heavy atom. The highest BCUT2D eigenvalue weighted by molar-refractivity contribution is 5.15. The largest absolute Gasteiger partial charge is 0.394 e. The minimum absolute atomic E-state index is 0.270. The van der Waals surface area contributed by atoms with Crippen molar-refractivity contribution in [2.24, 2.45) is 5.92 Å². The Hall–Kier alpha value is -1.02. The van der Waals surface area contributed by atoms with Gasteiger partial charge in [0.05, 0.1) is 18.2 Å². The molecule has 27 heavy (non-hydrogen) atoms. The Labute approximate surface area is 163 Å². The minimum Gasteiger partial charge on any atom is -0.394 e. The first-order chi connectivity index (χ1) is 12.8. The number of hydrogen-bond acceptors (Lipinski definition) is 6. The summed E-state index contributed by atoms with van der Waals surface area (Å²) in [5.74, 6) is 0.392. The van der Waals surface area contributed by atoms with Crippen LogP contribution in [-0.4, -0.2) is 59.6 Å². The summed E-state index contributed by atoms with van der Waals surface area (Å²) in [5.41, 5.74) is -0.00166. The van der Waals surface area contributed by atoms with Crippen molar-refractivity contribution >= 4 is 0 Å². The van der Waals surface area contributed by atoms with Gasteiger partial charge in [-0.05, 0) is 31.2 Å². The summed E-state index contributed by atoms with van der Waals surface area (Å²) < 4.78 is 11.1. The Kier molecular flexibility index (Phi) is 7.80. The van der Waals surface area contributed by atoms with Gasteiger partial charge in [-0.2, -0.15) is 5.06 Å². The molecule has 1 saturated heterocycles. The molecular weight excluding hydrogens is 346 g/mol. The molecule has 3 atom stereocenters. The molecule has 1 unspecified atom stereocenters. The zero-order chi connectivity index (χ0) is 20.1. The highest BCUT2D eigenvalue weighted by Gasteiger charge is 2.57. The molecule has 2 N–H and O–H groups in total. The van der Waals surface area contributed by atoms with E-state index < -0.39 is 23.5 Å². The first-order valence-electron chi connectivity index (χ1n) is 9.64. The molecule has 0 radical (unpaired) electrons. The van der Waals surface area contributed by atoms with Gasteiger partial charge in [-0.1, -0.05) is 44.2 Å². The topological polar surface area (TPSA) is 71.4 Å². The number of benzene rings is 1. The molecule has 1 aliphatic rings. The van der Waals surface area contributed by atoms with Crippen LogP contribution in [0.4, 0.5) is 0 Å². The van der Waals surface area contributed by atoms with Gasteiger partial charge >= 0.3 is 0 Å². The Morgan fingerprint density at radius 3 is 2.30 bits per heavy atom. The van der Waals surface area contributed by atoms with E-state index in [1.165, 1.54) is 0 Å². The SMILES string of the molecule is COC(OC)[C@@]1(C)C[C@](CC(C)C)(CC(O)CO)N(Cc2ccccc2)O1. The number of nitrogens with zero attached hydrogens (tertiary/aromatic N) is 1. The van der Waals surface area contributed by atoms with Crippen LogP contribution in [0.5, 0.6) is 0 Å². The molecular formula is C21H35NO5. The normalized spacial score (nSPS) is 27.6. The zero-order valence-corrected chi connectivity index (χ0v) is 17.2. The highest BCUT2D eigenvalue weighted by Crippen LogP contribution is 2.48. The minimum atomic E-state index is -0.809. The van der Waals surface area contributed by atoms with Gasteiger partial charge in [-0.15, -0.1) is 0 Å². The molecule has 0 spiro atoms. The molecule has 154 valence electrons. The van der Waals surface area contributed by atoms with E-state index in [9.17, 15) is 10.2 Å². The number of methoxy groups -OCH3 is 2. The number of ether oxygens (including phenoxy) is 2.